The third kappa shape index (κ3) is 3.55. The van der Waals surface area contributed by atoms with E-state index in [0.29, 0.717) is 17.8 Å². The first-order chi connectivity index (χ1) is 10.1. The van der Waals surface area contributed by atoms with Crippen LogP contribution in [-0.4, -0.2) is 16.0 Å². The highest BCUT2D eigenvalue weighted by molar-refractivity contribution is 5.96. The summed E-state index contributed by atoms with van der Waals surface area (Å²) in [6.07, 6.45) is 1.57. The normalized spacial score (nSPS) is 13.1. The number of rotatable bonds is 5. The van der Waals surface area contributed by atoms with Crippen molar-refractivity contribution in [2.75, 3.05) is 0 Å². The Labute approximate surface area is 122 Å². The smallest absolute Gasteiger partial charge is 0.189 e. The van der Waals surface area contributed by atoms with Gasteiger partial charge in [-0.3, -0.25) is 4.98 Å². The van der Waals surface area contributed by atoms with Crippen LogP contribution in [-0.2, 0) is 6.54 Å². The number of hydrogen-bond donors (Lipinski definition) is 3. The predicted molar refractivity (Wildman–Crippen MR) is 78.4 cm³/mol. The molecule has 5 nitrogen and oxygen atoms in total. The molecule has 0 saturated heterocycles. The van der Waals surface area contributed by atoms with Crippen LogP contribution in [0.3, 0.4) is 0 Å². The van der Waals surface area contributed by atoms with Crippen molar-refractivity contribution in [3.05, 3.63) is 65.2 Å². The van der Waals surface area contributed by atoms with E-state index in [0.717, 1.165) is 5.56 Å². The maximum atomic E-state index is 13.7. The van der Waals surface area contributed by atoms with Crippen molar-refractivity contribution >= 4 is 5.84 Å². The molecule has 0 unspecified atom stereocenters. The summed E-state index contributed by atoms with van der Waals surface area (Å²) in [5.41, 5.74) is 7.36. The van der Waals surface area contributed by atoms with Crippen molar-refractivity contribution in [2.24, 2.45) is 10.9 Å². The molecule has 0 aliphatic carbocycles. The highest BCUT2D eigenvalue weighted by atomic mass is 19.1. The summed E-state index contributed by atoms with van der Waals surface area (Å²) >= 11 is 0. The van der Waals surface area contributed by atoms with Crippen molar-refractivity contribution in [3.8, 4) is 0 Å². The van der Waals surface area contributed by atoms with Gasteiger partial charge in [-0.1, -0.05) is 29.4 Å². The number of aromatic nitrogens is 1. The molecule has 2 rings (SSSR count). The Morgan fingerprint density at radius 3 is 2.86 bits per heavy atom. The zero-order valence-electron chi connectivity index (χ0n) is 11.6. The second-order valence-electron chi connectivity index (χ2n) is 4.62. The van der Waals surface area contributed by atoms with Crippen LogP contribution in [0.4, 0.5) is 4.39 Å². The van der Waals surface area contributed by atoms with E-state index in [-0.39, 0.29) is 17.7 Å². The fraction of sp³-hybridized carbons (Fsp3) is 0.200. The Kier molecular flexibility index (Phi) is 4.84. The average Bonchev–Trinajstić information content (AvgIpc) is 2.52. The summed E-state index contributed by atoms with van der Waals surface area (Å²) in [7, 11) is 0. The molecule has 0 aliphatic rings. The summed E-state index contributed by atoms with van der Waals surface area (Å²) < 4.78 is 13.7. The number of nitrogens with zero attached hydrogens (tertiary/aromatic N) is 2. The van der Waals surface area contributed by atoms with Gasteiger partial charge in [0.25, 0.3) is 0 Å². The molecule has 0 radical (unpaired) electrons. The van der Waals surface area contributed by atoms with Crippen molar-refractivity contribution in [1.82, 2.24) is 10.3 Å². The molecule has 0 amide bonds. The van der Waals surface area contributed by atoms with Gasteiger partial charge < -0.3 is 16.3 Å². The van der Waals surface area contributed by atoms with Crippen molar-refractivity contribution in [2.45, 2.75) is 19.5 Å². The lowest BCUT2D eigenvalue weighted by Crippen LogP contribution is -2.23. The van der Waals surface area contributed by atoms with E-state index in [9.17, 15) is 4.39 Å². The highest BCUT2D eigenvalue weighted by Crippen LogP contribution is 2.17. The Hall–Kier alpha value is -2.47. The monoisotopic (exact) mass is 288 g/mol. The van der Waals surface area contributed by atoms with Gasteiger partial charge >= 0.3 is 0 Å². The standard InChI is InChI=1S/C15H17FN4O/c1-10(12-6-2-3-7-13(12)16)19-9-11-5-4-8-18-14(11)15(17)20-21/h2-8,10,19,21H,9H2,1H3,(H2,17,20)/t10-/m1/s1. The van der Waals surface area contributed by atoms with Crippen molar-refractivity contribution in [3.63, 3.8) is 0 Å². The molecule has 1 aromatic carbocycles. The molecule has 1 atom stereocenters. The molecule has 4 N–H and O–H groups in total. The van der Waals surface area contributed by atoms with E-state index < -0.39 is 0 Å². The van der Waals surface area contributed by atoms with Gasteiger partial charge in [0.15, 0.2) is 5.84 Å². The van der Waals surface area contributed by atoms with E-state index in [1.54, 1.807) is 30.5 Å². The number of hydrogen-bond acceptors (Lipinski definition) is 4. The first-order valence-electron chi connectivity index (χ1n) is 6.53. The van der Waals surface area contributed by atoms with E-state index >= 15 is 0 Å². The molecule has 0 bridgehead atoms. The molecule has 2 aromatic rings. The predicted octanol–water partition coefficient (Wildman–Crippen LogP) is 2.17. The third-order valence-corrected chi connectivity index (χ3v) is 3.21. The molecular formula is C15H17FN4O. The van der Waals surface area contributed by atoms with E-state index in [1.165, 1.54) is 6.07 Å². The largest absolute Gasteiger partial charge is 0.409 e. The Balaban J connectivity index is 2.12. The lowest BCUT2D eigenvalue weighted by atomic mass is 10.1. The number of amidine groups is 1. The molecule has 1 aromatic heterocycles. The minimum atomic E-state index is -0.250. The van der Waals surface area contributed by atoms with Crippen LogP contribution in [0, 0.1) is 5.82 Å². The molecule has 6 heteroatoms. The van der Waals surface area contributed by atoms with Gasteiger partial charge in [-0.2, -0.15) is 0 Å². The molecular weight excluding hydrogens is 271 g/mol. The zero-order chi connectivity index (χ0) is 15.2. The van der Waals surface area contributed by atoms with Crippen LogP contribution in [0.5, 0.6) is 0 Å². The van der Waals surface area contributed by atoms with Gasteiger partial charge in [-0.15, -0.1) is 0 Å². The lowest BCUT2D eigenvalue weighted by Gasteiger charge is -2.16. The fourth-order valence-electron chi connectivity index (χ4n) is 2.06. The van der Waals surface area contributed by atoms with Crippen LogP contribution >= 0.6 is 0 Å². The van der Waals surface area contributed by atoms with Crippen molar-refractivity contribution < 1.29 is 9.60 Å². The van der Waals surface area contributed by atoms with Crippen LogP contribution in [0.2, 0.25) is 0 Å². The summed E-state index contributed by atoms with van der Waals surface area (Å²) in [5.74, 6) is -0.300. The Bertz CT molecular complexity index is 645. The van der Waals surface area contributed by atoms with Crippen LogP contribution in [0.15, 0.2) is 47.8 Å². The number of oxime groups is 1. The van der Waals surface area contributed by atoms with Gasteiger partial charge in [0, 0.05) is 24.3 Å². The maximum Gasteiger partial charge on any atom is 0.189 e. The molecule has 21 heavy (non-hydrogen) atoms. The minimum Gasteiger partial charge on any atom is -0.409 e. The maximum absolute atomic E-state index is 13.7. The minimum absolute atomic E-state index is 0.0501. The zero-order valence-corrected chi connectivity index (χ0v) is 11.6. The van der Waals surface area contributed by atoms with Gasteiger partial charge in [0.05, 0.1) is 0 Å². The van der Waals surface area contributed by atoms with Gasteiger partial charge in [0.1, 0.15) is 11.5 Å². The van der Waals surface area contributed by atoms with Gasteiger partial charge in [-0.05, 0) is 24.6 Å². The molecule has 0 spiro atoms. The number of nitrogens with one attached hydrogen (secondary N) is 1. The Morgan fingerprint density at radius 2 is 2.14 bits per heavy atom. The van der Waals surface area contributed by atoms with E-state index in [2.05, 4.69) is 15.5 Å². The molecule has 1 heterocycles. The first kappa shape index (κ1) is 14.9. The molecule has 110 valence electrons. The highest BCUT2D eigenvalue weighted by Gasteiger charge is 2.12. The third-order valence-electron chi connectivity index (χ3n) is 3.21. The second-order valence-corrected chi connectivity index (χ2v) is 4.62. The van der Waals surface area contributed by atoms with Gasteiger partial charge in [0.2, 0.25) is 0 Å². The average molecular weight is 288 g/mol. The SMILES string of the molecule is C[C@@H](NCc1cccnc1/C(N)=N/O)c1ccccc1F. The second kappa shape index (κ2) is 6.81. The van der Waals surface area contributed by atoms with Crippen LogP contribution < -0.4 is 11.1 Å². The van der Waals surface area contributed by atoms with Crippen molar-refractivity contribution in [1.29, 1.82) is 0 Å². The summed E-state index contributed by atoms with van der Waals surface area (Å²) in [6, 6.07) is 10.0. The topological polar surface area (TPSA) is 83.5 Å². The number of pyridine rings is 1. The summed E-state index contributed by atoms with van der Waals surface area (Å²) in [4.78, 5) is 4.09. The first-order valence-corrected chi connectivity index (χ1v) is 6.53. The fourth-order valence-corrected chi connectivity index (χ4v) is 2.06. The van der Waals surface area contributed by atoms with Crippen LogP contribution in [0.25, 0.3) is 0 Å². The van der Waals surface area contributed by atoms with Crippen LogP contribution in [0.1, 0.15) is 29.8 Å². The van der Waals surface area contributed by atoms with E-state index in [4.69, 9.17) is 10.9 Å². The number of halogens is 1. The van der Waals surface area contributed by atoms with E-state index in [1.807, 2.05) is 13.0 Å². The lowest BCUT2D eigenvalue weighted by molar-refractivity contribution is 0.318. The van der Waals surface area contributed by atoms with Gasteiger partial charge in [-0.25, -0.2) is 4.39 Å². The molecule has 0 fully saturated rings. The summed E-state index contributed by atoms with van der Waals surface area (Å²) in [5, 5.41) is 14.9. The summed E-state index contributed by atoms with van der Waals surface area (Å²) in [6.45, 7) is 2.30. The number of nitrogens with two attached hydrogens (primary N) is 1. The quantitative estimate of drug-likeness (QED) is 0.341. The molecule has 0 saturated carbocycles. The Morgan fingerprint density at radius 1 is 1.38 bits per heavy atom. The number of benzene rings is 1. The molecule has 0 aliphatic heterocycles.